The summed E-state index contributed by atoms with van der Waals surface area (Å²) in [5, 5.41) is 10.6. The largest absolute Gasteiger partial charge is 0.497 e. The highest BCUT2D eigenvalue weighted by Gasteiger charge is 2.34. The van der Waals surface area contributed by atoms with Gasteiger partial charge in [0.15, 0.2) is 11.5 Å². The molecular weight excluding hydrogens is 482 g/mol. The van der Waals surface area contributed by atoms with E-state index in [1.807, 2.05) is 37.3 Å². The number of amides is 1. The predicted molar refractivity (Wildman–Crippen MR) is 145 cm³/mol. The van der Waals surface area contributed by atoms with Crippen LogP contribution in [0.4, 0.5) is 11.6 Å². The highest BCUT2D eigenvalue weighted by atomic mass is 16.5. The van der Waals surface area contributed by atoms with Gasteiger partial charge in [0.2, 0.25) is 5.95 Å². The number of rotatable bonds is 8. The van der Waals surface area contributed by atoms with Crippen LogP contribution < -0.4 is 24.8 Å². The number of anilines is 2. The first-order chi connectivity index (χ1) is 18.5. The standard InChI is InChI=1S/C29H29N5O4/c1-18-5-7-20(8-6-18)16-38-24-14-9-21(15-25(24)37-4)27-26(19(2)32-29-30-17-31-34(27)29)28(35)33-22-10-12-23(36-3)13-11-22/h5-15,17,27H,16H2,1-4H3,(H,33,35)(H,30,31,32)/t27-/m0/s1. The molecule has 9 heteroatoms. The molecule has 5 rings (SSSR count). The van der Waals surface area contributed by atoms with Crippen LogP contribution in [0.1, 0.15) is 29.7 Å². The lowest BCUT2D eigenvalue weighted by Gasteiger charge is -2.29. The fraction of sp³-hybridized carbons (Fsp3) is 0.207. The molecule has 1 amide bonds. The maximum absolute atomic E-state index is 13.6. The molecule has 0 spiro atoms. The first-order valence-electron chi connectivity index (χ1n) is 12.2. The van der Waals surface area contributed by atoms with E-state index in [0.717, 1.165) is 11.1 Å². The van der Waals surface area contributed by atoms with Gasteiger partial charge in [-0.2, -0.15) is 10.1 Å². The van der Waals surface area contributed by atoms with Gasteiger partial charge in [-0.15, -0.1) is 0 Å². The normalized spacial score (nSPS) is 14.4. The number of ether oxygens (including phenoxy) is 3. The number of carbonyl (C=O) groups is 1. The lowest BCUT2D eigenvalue weighted by Crippen LogP contribution is -2.31. The molecule has 1 atom stereocenters. The van der Waals surface area contributed by atoms with Gasteiger partial charge in [0, 0.05) is 11.4 Å². The molecule has 0 radical (unpaired) electrons. The van der Waals surface area contributed by atoms with E-state index in [0.29, 0.717) is 46.8 Å². The second-order valence-corrected chi connectivity index (χ2v) is 8.96. The lowest BCUT2D eigenvalue weighted by atomic mass is 9.94. The van der Waals surface area contributed by atoms with Crippen LogP contribution in [0.5, 0.6) is 17.2 Å². The molecule has 0 saturated heterocycles. The van der Waals surface area contributed by atoms with Crippen LogP contribution in [0.15, 0.2) is 84.3 Å². The molecule has 2 N–H and O–H groups in total. The smallest absolute Gasteiger partial charge is 0.255 e. The van der Waals surface area contributed by atoms with E-state index in [1.54, 1.807) is 43.2 Å². The summed E-state index contributed by atoms with van der Waals surface area (Å²) in [4.78, 5) is 17.9. The molecule has 3 aromatic carbocycles. The number of carbonyl (C=O) groups excluding carboxylic acids is 1. The molecule has 0 saturated carbocycles. The van der Waals surface area contributed by atoms with Crippen molar-refractivity contribution in [3.05, 3.63) is 101 Å². The number of hydrogen-bond acceptors (Lipinski definition) is 7. The summed E-state index contributed by atoms with van der Waals surface area (Å²) in [7, 11) is 3.20. The Bertz CT molecular complexity index is 1480. The quantitative estimate of drug-likeness (QED) is 0.339. The molecule has 1 aliphatic rings. The number of methoxy groups -OCH3 is 2. The first kappa shape index (κ1) is 24.9. The number of aryl methyl sites for hydroxylation is 1. The van der Waals surface area contributed by atoms with Gasteiger partial charge in [0.25, 0.3) is 5.91 Å². The highest BCUT2D eigenvalue weighted by Crippen LogP contribution is 2.39. The van der Waals surface area contributed by atoms with Crippen molar-refractivity contribution in [3.63, 3.8) is 0 Å². The van der Waals surface area contributed by atoms with E-state index < -0.39 is 6.04 Å². The molecule has 0 bridgehead atoms. The number of allylic oxidation sites excluding steroid dienone is 1. The summed E-state index contributed by atoms with van der Waals surface area (Å²) in [5.74, 6) is 2.16. The molecule has 194 valence electrons. The Balaban J connectivity index is 1.45. The molecule has 0 aliphatic carbocycles. The third kappa shape index (κ3) is 5.04. The van der Waals surface area contributed by atoms with Crippen molar-refractivity contribution in [1.82, 2.24) is 14.8 Å². The van der Waals surface area contributed by atoms with Gasteiger partial charge in [0.05, 0.1) is 19.8 Å². The maximum atomic E-state index is 13.6. The summed E-state index contributed by atoms with van der Waals surface area (Å²) >= 11 is 0. The van der Waals surface area contributed by atoms with Gasteiger partial charge in [-0.25, -0.2) is 4.68 Å². The maximum Gasteiger partial charge on any atom is 0.255 e. The third-order valence-electron chi connectivity index (χ3n) is 6.41. The number of benzene rings is 3. The van der Waals surface area contributed by atoms with E-state index in [2.05, 4.69) is 39.8 Å². The number of fused-ring (bicyclic) bond motifs is 1. The van der Waals surface area contributed by atoms with Crippen molar-refractivity contribution in [2.24, 2.45) is 0 Å². The van der Waals surface area contributed by atoms with Gasteiger partial charge < -0.3 is 24.8 Å². The average Bonchev–Trinajstić information content (AvgIpc) is 3.40. The van der Waals surface area contributed by atoms with Gasteiger partial charge >= 0.3 is 0 Å². The van der Waals surface area contributed by atoms with Crippen LogP contribution >= 0.6 is 0 Å². The van der Waals surface area contributed by atoms with E-state index in [4.69, 9.17) is 14.2 Å². The molecule has 9 nitrogen and oxygen atoms in total. The van der Waals surface area contributed by atoms with Gasteiger partial charge in [-0.3, -0.25) is 4.79 Å². The van der Waals surface area contributed by atoms with E-state index >= 15 is 0 Å². The summed E-state index contributed by atoms with van der Waals surface area (Å²) in [6, 6.07) is 20.5. The minimum Gasteiger partial charge on any atom is -0.497 e. The predicted octanol–water partition coefficient (Wildman–Crippen LogP) is 5.11. The summed E-state index contributed by atoms with van der Waals surface area (Å²) < 4.78 is 18.7. The van der Waals surface area contributed by atoms with Gasteiger partial charge in [-0.05, 0) is 61.4 Å². The molecule has 0 fully saturated rings. The van der Waals surface area contributed by atoms with Crippen LogP contribution in [0.25, 0.3) is 0 Å². The van der Waals surface area contributed by atoms with Crippen LogP contribution in [0.3, 0.4) is 0 Å². The Morgan fingerprint density at radius 3 is 2.45 bits per heavy atom. The zero-order valence-corrected chi connectivity index (χ0v) is 21.7. The number of aromatic nitrogens is 3. The second-order valence-electron chi connectivity index (χ2n) is 8.96. The summed E-state index contributed by atoms with van der Waals surface area (Å²) in [6.45, 7) is 4.31. The molecule has 2 heterocycles. The highest BCUT2D eigenvalue weighted by molar-refractivity contribution is 6.06. The van der Waals surface area contributed by atoms with E-state index in [1.165, 1.54) is 11.9 Å². The third-order valence-corrected chi connectivity index (χ3v) is 6.41. The minimum atomic E-state index is -0.535. The molecule has 1 aromatic heterocycles. The molecule has 38 heavy (non-hydrogen) atoms. The van der Waals surface area contributed by atoms with Crippen molar-refractivity contribution in [1.29, 1.82) is 0 Å². The Morgan fingerprint density at radius 2 is 1.74 bits per heavy atom. The zero-order chi connectivity index (χ0) is 26.6. The Labute approximate surface area is 221 Å². The molecule has 0 unspecified atom stereocenters. The number of hydrogen-bond donors (Lipinski definition) is 2. The summed E-state index contributed by atoms with van der Waals surface area (Å²) in [6.07, 6.45) is 1.46. The lowest BCUT2D eigenvalue weighted by molar-refractivity contribution is -0.113. The number of nitrogens with zero attached hydrogens (tertiary/aromatic N) is 3. The molecule has 4 aromatic rings. The minimum absolute atomic E-state index is 0.259. The monoisotopic (exact) mass is 511 g/mol. The number of nitrogens with one attached hydrogen (secondary N) is 2. The van der Waals surface area contributed by atoms with E-state index in [-0.39, 0.29) is 5.91 Å². The molecule has 1 aliphatic heterocycles. The summed E-state index contributed by atoms with van der Waals surface area (Å²) in [5.41, 5.74) is 4.90. The zero-order valence-electron chi connectivity index (χ0n) is 21.7. The van der Waals surface area contributed by atoms with Crippen molar-refractivity contribution in [2.45, 2.75) is 26.5 Å². The van der Waals surface area contributed by atoms with Gasteiger partial charge in [-0.1, -0.05) is 35.9 Å². The fourth-order valence-electron chi connectivity index (χ4n) is 4.38. The molecular formula is C29H29N5O4. The van der Waals surface area contributed by atoms with Gasteiger partial charge in [0.1, 0.15) is 24.7 Å². The van der Waals surface area contributed by atoms with Crippen LogP contribution in [-0.2, 0) is 11.4 Å². The topological polar surface area (TPSA) is 99.5 Å². The van der Waals surface area contributed by atoms with Crippen molar-refractivity contribution >= 4 is 17.5 Å². The van der Waals surface area contributed by atoms with E-state index in [9.17, 15) is 4.79 Å². The Kier molecular flexibility index (Phi) is 6.99. The Hall–Kier alpha value is -4.79. The second kappa shape index (κ2) is 10.7. The van der Waals surface area contributed by atoms with Crippen molar-refractivity contribution in [2.75, 3.05) is 24.9 Å². The van der Waals surface area contributed by atoms with Crippen LogP contribution in [-0.4, -0.2) is 34.9 Å². The first-order valence-corrected chi connectivity index (χ1v) is 12.2. The average molecular weight is 512 g/mol. The SMILES string of the molecule is COc1ccc(NC(=O)C2=C(C)Nc3ncnn3[C@H]2c2ccc(OCc3ccc(C)cc3)c(OC)c2)cc1. The van der Waals surface area contributed by atoms with Crippen molar-refractivity contribution < 1.29 is 19.0 Å². The van der Waals surface area contributed by atoms with Crippen LogP contribution in [0.2, 0.25) is 0 Å². The van der Waals surface area contributed by atoms with Crippen LogP contribution in [0, 0.1) is 6.92 Å². The van der Waals surface area contributed by atoms with Crippen molar-refractivity contribution in [3.8, 4) is 17.2 Å². The Morgan fingerprint density at radius 1 is 0.974 bits per heavy atom. The fourth-order valence-corrected chi connectivity index (χ4v) is 4.38.